The minimum Gasteiger partial charge on any atom is -0.314 e. The zero-order valence-corrected chi connectivity index (χ0v) is 10.4. The van der Waals surface area contributed by atoms with Crippen LogP contribution in [0, 0.1) is 0 Å². The van der Waals surface area contributed by atoms with E-state index in [1.54, 1.807) is 0 Å². The highest BCUT2D eigenvalue weighted by Crippen LogP contribution is 2.29. The van der Waals surface area contributed by atoms with E-state index >= 15 is 0 Å². The molecule has 1 N–H and O–H groups in total. The van der Waals surface area contributed by atoms with Crippen molar-refractivity contribution in [3.63, 3.8) is 0 Å². The molecule has 0 amide bonds. The molecular weight excluding hydrogens is 225 g/mol. The minimum absolute atomic E-state index is 0.0164. The Morgan fingerprint density at radius 1 is 1.20 bits per heavy atom. The normalized spacial score (nSPS) is 13.6. The van der Waals surface area contributed by atoms with Crippen LogP contribution in [0.5, 0.6) is 0 Å². The van der Waals surface area contributed by atoms with E-state index in [9.17, 15) is 13.2 Å². The third-order valence-corrected chi connectivity index (χ3v) is 3.05. The van der Waals surface area contributed by atoms with Gasteiger partial charge < -0.3 is 10.2 Å². The van der Waals surface area contributed by atoms with Gasteiger partial charge in [-0.15, -0.1) is 0 Å². The van der Waals surface area contributed by atoms with Gasteiger partial charge in [0, 0.05) is 24.4 Å². The summed E-state index contributed by atoms with van der Waals surface area (Å²) < 4.78 is 35.3. The van der Waals surface area contributed by atoms with E-state index in [2.05, 4.69) is 5.32 Å². The van der Waals surface area contributed by atoms with Crippen molar-refractivity contribution in [3.8, 4) is 0 Å². The van der Waals surface area contributed by atoms with Crippen LogP contribution in [0.25, 0.3) is 0 Å². The van der Waals surface area contributed by atoms with Crippen LogP contribution >= 0.6 is 11.8 Å². The molecule has 0 aliphatic carbocycles. The maximum Gasteiger partial charge on any atom is 0.441 e. The average molecular weight is 244 g/mol. The lowest BCUT2D eigenvalue weighted by Crippen LogP contribution is -2.47. The number of hydrogen-bond donors (Lipinski definition) is 1. The molecule has 92 valence electrons. The first-order valence-electron chi connectivity index (χ1n) is 4.74. The highest BCUT2D eigenvalue weighted by molar-refractivity contribution is 8.00. The van der Waals surface area contributed by atoms with E-state index in [4.69, 9.17) is 0 Å². The summed E-state index contributed by atoms with van der Waals surface area (Å²) in [5.41, 5.74) is -4.15. The Hall–Kier alpha value is 0.0600. The smallest absolute Gasteiger partial charge is 0.314 e. The van der Waals surface area contributed by atoms with Gasteiger partial charge in [-0.05, 0) is 39.7 Å². The Bertz CT molecular complexity index is 181. The van der Waals surface area contributed by atoms with Crippen LogP contribution in [0.3, 0.4) is 0 Å². The number of nitrogens with one attached hydrogen (secondary N) is 1. The van der Waals surface area contributed by atoms with E-state index in [0.29, 0.717) is 13.1 Å². The quantitative estimate of drug-likeness (QED) is 0.721. The molecule has 0 heterocycles. The molecule has 0 fully saturated rings. The van der Waals surface area contributed by atoms with Gasteiger partial charge >= 0.3 is 5.51 Å². The van der Waals surface area contributed by atoms with Gasteiger partial charge in [-0.25, -0.2) is 0 Å². The first-order chi connectivity index (χ1) is 6.65. The molecule has 6 heteroatoms. The summed E-state index contributed by atoms with van der Waals surface area (Å²) in [4.78, 5) is 2.04. The minimum atomic E-state index is -4.11. The van der Waals surface area contributed by atoms with Gasteiger partial charge in [-0.3, -0.25) is 0 Å². The summed E-state index contributed by atoms with van der Waals surface area (Å²) in [6.45, 7) is 5.13. The molecule has 0 radical (unpaired) electrons. The van der Waals surface area contributed by atoms with Crippen LogP contribution in [0.1, 0.15) is 13.8 Å². The zero-order valence-electron chi connectivity index (χ0n) is 9.61. The van der Waals surface area contributed by atoms with Gasteiger partial charge in [0.2, 0.25) is 0 Å². The molecule has 15 heavy (non-hydrogen) atoms. The molecule has 0 aliphatic rings. The SMILES string of the molecule is CN(C)C(C)(C)CNCCSC(F)(F)F. The third kappa shape index (κ3) is 7.93. The number of halogens is 3. The second kappa shape index (κ2) is 5.96. The number of likely N-dealkylation sites (N-methyl/N-ethyl adjacent to an activating group) is 1. The molecule has 0 aromatic carbocycles. The average Bonchev–Trinajstić information content (AvgIpc) is 2.00. The van der Waals surface area contributed by atoms with E-state index in [-0.39, 0.29) is 23.1 Å². The Balaban J connectivity index is 3.55. The number of hydrogen-bond acceptors (Lipinski definition) is 3. The summed E-state index contributed by atoms with van der Waals surface area (Å²) in [5, 5.41) is 3.02. The summed E-state index contributed by atoms with van der Waals surface area (Å²) in [6.07, 6.45) is 0. The lowest BCUT2D eigenvalue weighted by Gasteiger charge is -2.32. The van der Waals surface area contributed by atoms with Gasteiger partial charge in [0.25, 0.3) is 0 Å². The molecule has 2 nitrogen and oxygen atoms in total. The van der Waals surface area contributed by atoms with Gasteiger partial charge in [-0.2, -0.15) is 13.2 Å². The molecule has 0 saturated carbocycles. The number of thioether (sulfide) groups is 1. The summed E-state index contributed by atoms with van der Waals surface area (Å²) in [7, 11) is 3.90. The zero-order chi connectivity index (χ0) is 12.1. The predicted octanol–water partition coefficient (Wildman–Crippen LogP) is 2.17. The second-order valence-corrected chi connectivity index (χ2v) is 5.34. The Labute approximate surface area is 93.6 Å². The van der Waals surface area contributed by atoms with Crippen LogP contribution in [0.4, 0.5) is 13.2 Å². The standard InChI is InChI=1S/C9H19F3N2S/c1-8(2,14(3)4)7-13-5-6-15-9(10,11)12/h13H,5-7H2,1-4H3. The Kier molecular flexibility index (Phi) is 5.98. The highest BCUT2D eigenvalue weighted by atomic mass is 32.2. The molecular formula is C9H19F3N2S. The second-order valence-electron chi connectivity index (χ2n) is 4.18. The van der Waals surface area contributed by atoms with Crippen LogP contribution in [-0.4, -0.2) is 48.9 Å². The van der Waals surface area contributed by atoms with Crippen molar-refractivity contribution < 1.29 is 13.2 Å². The Morgan fingerprint density at radius 3 is 2.13 bits per heavy atom. The molecule has 0 saturated heterocycles. The van der Waals surface area contributed by atoms with Gasteiger partial charge in [0.05, 0.1) is 0 Å². The first kappa shape index (κ1) is 15.1. The maximum absolute atomic E-state index is 11.8. The van der Waals surface area contributed by atoms with E-state index in [0.717, 1.165) is 0 Å². The molecule has 0 atom stereocenters. The van der Waals surface area contributed by atoms with Gasteiger partial charge in [0.1, 0.15) is 0 Å². The summed E-state index contributed by atoms with van der Waals surface area (Å²) in [6, 6.07) is 0. The molecule has 0 aromatic heterocycles. The van der Waals surface area contributed by atoms with Crippen molar-refractivity contribution in [1.82, 2.24) is 10.2 Å². The fourth-order valence-electron chi connectivity index (χ4n) is 0.791. The fraction of sp³-hybridized carbons (Fsp3) is 1.00. The largest absolute Gasteiger partial charge is 0.441 e. The van der Waals surface area contributed by atoms with Crippen molar-refractivity contribution in [3.05, 3.63) is 0 Å². The molecule has 0 bridgehead atoms. The van der Waals surface area contributed by atoms with Crippen molar-refractivity contribution >= 4 is 11.8 Å². The topological polar surface area (TPSA) is 15.3 Å². The van der Waals surface area contributed by atoms with E-state index < -0.39 is 5.51 Å². The first-order valence-corrected chi connectivity index (χ1v) is 5.72. The van der Waals surface area contributed by atoms with Crippen LogP contribution < -0.4 is 5.32 Å². The molecule has 0 aromatic rings. The lowest BCUT2D eigenvalue weighted by atomic mass is 10.0. The number of alkyl halides is 3. The van der Waals surface area contributed by atoms with Crippen LogP contribution in [0.2, 0.25) is 0 Å². The van der Waals surface area contributed by atoms with Crippen molar-refractivity contribution in [2.45, 2.75) is 24.9 Å². The maximum atomic E-state index is 11.8. The third-order valence-electron chi connectivity index (χ3n) is 2.31. The number of nitrogens with zero attached hydrogens (tertiary/aromatic N) is 1. The molecule has 0 rings (SSSR count). The number of rotatable bonds is 6. The Morgan fingerprint density at radius 2 is 1.73 bits per heavy atom. The molecule has 0 unspecified atom stereocenters. The monoisotopic (exact) mass is 244 g/mol. The molecule has 0 spiro atoms. The van der Waals surface area contributed by atoms with E-state index in [1.807, 2.05) is 32.8 Å². The van der Waals surface area contributed by atoms with E-state index in [1.165, 1.54) is 0 Å². The van der Waals surface area contributed by atoms with Crippen LogP contribution in [-0.2, 0) is 0 Å². The predicted molar refractivity (Wildman–Crippen MR) is 59.1 cm³/mol. The van der Waals surface area contributed by atoms with Gasteiger partial charge in [0.15, 0.2) is 0 Å². The lowest BCUT2D eigenvalue weighted by molar-refractivity contribution is -0.0327. The van der Waals surface area contributed by atoms with Crippen molar-refractivity contribution in [2.75, 3.05) is 32.9 Å². The summed E-state index contributed by atoms with van der Waals surface area (Å²) >= 11 is 0.0164. The highest BCUT2D eigenvalue weighted by Gasteiger charge is 2.27. The molecule has 0 aliphatic heterocycles. The fourth-order valence-corrected chi connectivity index (χ4v) is 1.27. The van der Waals surface area contributed by atoms with Crippen LogP contribution in [0.15, 0.2) is 0 Å². The summed E-state index contributed by atoms with van der Waals surface area (Å²) in [5.74, 6) is 0.0625. The van der Waals surface area contributed by atoms with Crippen molar-refractivity contribution in [1.29, 1.82) is 0 Å². The van der Waals surface area contributed by atoms with Crippen molar-refractivity contribution in [2.24, 2.45) is 0 Å². The van der Waals surface area contributed by atoms with Gasteiger partial charge in [-0.1, -0.05) is 0 Å².